The molecule has 1 N–H and O–H groups in total. The van der Waals surface area contributed by atoms with E-state index in [1.807, 2.05) is 11.7 Å². The third-order valence-electron chi connectivity index (χ3n) is 2.50. The van der Waals surface area contributed by atoms with E-state index < -0.39 is 0 Å². The fourth-order valence-corrected chi connectivity index (χ4v) is 2.61. The van der Waals surface area contributed by atoms with E-state index in [9.17, 15) is 0 Å². The van der Waals surface area contributed by atoms with E-state index in [-0.39, 0.29) is 12.1 Å². The predicted molar refractivity (Wildman–Crippen MR) is 68.4 cm³/mol. The Morgan fingerprint density at radius 1 is 1.41 bits per heavy atom. The molecule has 0 saturated heterocycles. The summed E-state index contributed by atoms with van der Waals surface area (Å²) in [4.78, 5) is 1.02. The van der Waals surface area contributed by atoms with Gasteiger partial charge < -0.3 is 5.32 Å². The minimum absolute atomic E-state index is 0.0209. The first-order valence-corrected chi connectivity index (χ1v) is 6.47. The van der Waals surface area contributed by atoms with E-state index in [1.54, 1.807) is 12.4 Å². The van der Waals surface area contributed by atoms with E-state index in [4.69, 9.17) is 11.6 Å². The van der Waals surface area contributed by atoms with Crippen LogP contribution in [0.4, 0.5) is 0 Å². The van der Waals surface area contributed by atoms with Crippen molar-refractivity contribution in [1.29, 1.82) is 0 Å². The van der Waals surface area contributed by atoms with Crippen LogP contribution in [0.3, 0.4) is 0 Å². The summed E-state index contributed by atoms with van der Waals surface area (Å²) in [7, 11) is 1.89. The van der Waals surface area contributed by atoms with Gasteiger partial charge in [-0.3, -0.25) is 4.68 Å². The third-order valence-corrected chi connectivity index (χ3v) is 3.52. The summed E-state index contributed by atoms with van der Waals surface area (Å²) in [6.07, 6.45) is 3.43. The molecule has 0 aliphatic carbocycles. The second kappa shape index (κ2) is 5.12. The van der Waals surface area contributed by atoms with Gasteiger partial charge in [0.2, 0.25) is 0 Å². The number of aromatic nitrogens is 4. The Balaban J connectivity index is 2.47. The van der Waals surface area contributed by atoms with E-state index in [0.29, 0.717) is 5.02 Å². The number of halogens is 1. The zero-order valence-corrected chi connectivity index (χ0v) is 11.5. The van der Waals surface area contributed by atoms with Gasteiger partial charge in [0.05, 0.1) is 34.0 Å². The summed E-state index contributed by atoms with van der Waals surface area (Å²) in [6.45, 7) is 4.15. The first-order valence-electron chi connectivity index (χ1n) is 5.32. The van der Waals surface area contributed by atoms with E-state index in [2.05, 4.69) is 33.8 Å². The Hall–Kier alpha value is -0.980. The Morgan fingerprint density at radius 3 is 2.71 bits per heavy atom. The van der Waals surface area contributed by atoms with Gasteiger partial charge in [-0.15, -0.1) is 5.10 Å². The molecular weight excluding hydrogens is 258 g/mol. The highest BCUT2D eigenvalue weighted by Gasteiger charge is 2.23. The summed E-state index contributed by atoms with van der Waals surface area (Å²) in [5.74, 6) is 0. The molecule has 2 rings (SSSR count). The number of nitrogens with zero attached hydrogens (tertiary/aromatic N) is 4. The average molecular weight is 272 g/mol. The minimum atomic E-state index is -0.0209. The van der Waals surface area contributed by atoms with Crippen LogP contribution in [0.5, 0.6) is 0 Å². The molecule has 0 bridgehead atoms. The summed E-state index contributed by atoms with van der Waals surface area (Å²) in [5.41, 5.74) is 0.954. The summed E-state index contributed by atoms with van der Waals surface area (Å²) < 4.78 is 5.80. The van der Waals surface area contributed by atoms with E-state index in [0.717, 1.165) is 10.6 Å². The lowest BCUT2D eigenvalue weighted by molar-refractivity contribution is 0.486. The van der Waals surface area contributed by atoms with Crippen LogP contribution in [-0.2, 0) is 0 Å². The fraction of sp³-hybridized carbons (Fsp3) is 0.500. The highest BCUT2D eigenvalue weighted by Crippen LogP contribution is 2.30. The summed E-state index contributed by atoms with van der Waals surface area (Å²) in [5, 5.41) is 12.1. The van der Waals surface area contributed by atoms with Crippen molar-refractivity contribution in [2.75, 3.05) is 7.05 Å². The maximum absolute atomic E-state index is 6.22. The lowest BCUT2D eigenvalue weighted by Gasteiger charge is -2.18. The number of hydrogen-bond donors (Lipinski definition) is 1. The summed E-state index contributed by atoms with van der Waals surface area (Å²) >= 11 is 7.58. The summed E-state index contributed by atoms with van der Waals surface area (Å²) in [6, 6.07) is 0.238. The molecule has 5 nitrogen and oxygen atoms in total. The van der Waals surface area contributed by atoms with Gasteiger partial charge in [0, 0.05) is 6.04 Å². The topological polar surface area (TPSA) is 55.6 Å². The Morgan fingerprint density at radius 2 is 2.18 bits per heavy atom. The standard InChI is InChI=1S/C10H14ClN5S/c1-6(2)16-10(7(11)4-14-16)9(12-3)8-5-13-15-17-8/h4-6,9,12H,1-3H3. The van der Waals surface area contributed by atoms with Crippen molar-refractivity contribution in [2.45, 2.75) is 25.9 Å². The molecule has 0 amide bonds. The molecule has 2 aromatic rings. The quantitative estimate of drug-likeness (QED) is 0.927. The van der Waals surface area contributed by atoms with Crippen LogP contribution in [0.15, 0.2) is 12.4 Å². The Bertz CT molecular complexity index is 479. The highest BCUT2D eigenvalue weighted by molar-refractivity contribution is 7.05. The molecule has 0 aromatic carbocycles. The molecule has 1 unspecified atom stereocenters. The number of rotatable bonds is 4. The molecule has 0 radical (unpaired) electrons. The van der Waals surface area contributed by atoms with Crippen LogP contribution >= 0.6 is 23.1 Å². The molecule has 1 atom stereocenters. The van der Waals surface area contributed by atoms with Crippen LogP contribution in [0.25, 0.3) is 0 Å². The molecule has 0 fully saturated rings. The highest BCUT2D eigenvalue weighted by atomic mass is 35.5. The zero-order chi connectivity index (χ0) is 12.4. The van der Waals surface area contributed by atoms with Gasteiger partial charge in [0.25, 0.3) is 0 Å². The Kier molecular flexibility index (Phi) is 3.76. The van der Waals surface area contributed by atoms with Gasteiger partial charge in [-0.05, 0) is 32.4 Å². The fourth-order valence-electron chi connectivity index (χ4n) is 1.75. The lowest BCUT2D eigenvalue weighted by atomic mass is 10.1. The predicted octanol–water partition coefficient (Wildman–Crippen LogP) is 2.28. The zero-order valence-electron chi connectivity index (χ0n) is 9.88. The maximum atomic E-state index is 6.22. The van der Waals surface area contributed by atoms with Gasteiger partial charge in [0.1, 0.15) is 0 Å². The van der Waals surface area contributed by atoms with Gasteiger partial charge in [0.15, 0.2) is 0 Å². The first-order chi connectivity index (χ1) is 8.15. The van der Waals surface area contributed by atoms with Crippen molar-refractivity contribution in [3.05, 3.63) is 28.0 Å². The van der Waals surface area contributed by atoms with Crippen molar-refractivity contribution >= 4 is 23.1 Å². The number of nitrogens with one attached hydrogen (secondary N) is 1. The molecule has 2 aromatic heterocycles. The molecule has 0 spiro atoms. The first kappa shape index (κ1) is 12.5. The van der Waals surface area contributed by atoms with Crippen molar-refractivity contribution in [2.24, 2.45) is 0 Å². The minimum Gasteiger partial charge on any atom is -0.307 e. The SMILES string of the molecule is CNC(c1cnns1)c1c(Cl)cnn1C(C)C. The van der Waals surface area contributed by atoms with Crippen molar-refractivity contribution in [3.63, 3.8) is 0 Å². The largest absolute Gasteiger partial charge is 0.307 e. The van der Waals surface area contributed by atoms with Crippen LogP contribution in [0, 0.1) is 0 Å². The molecule has 92 valence electrons. The molecule has 2 heterocycles. The van der Waals surface area contributed by atoms with Gasteiger partial charge in [-0.2, -0.15) is 5.10 Å². The molecular formula is C10H14ClN5S. The van der Waals surface area contributed by atoms with Crippen molar-refractivity contribution in [1.82, 2.24) is 24.7 Å². The third kappa shape index (κ3) is 2.34. The van der Waals surface area contributed by atoms with Gasteiger partial charge >= 0.3 is 0 Å². The van der Waals surface area contributed by atoms with E-state index >= 15 is 0 Å². The van der Waals surface area contributed by atoms with Crippen LogP contribution in [-0.4, -0.2) is 26.4 Å². The second-order valence-corrected chi connectivity index (χ2v) is 5.18. The molecule has 7 heteroatoms. The second-order valence-electron chi connectivity index (χ2n) is 3.96. The maximum Gasteiger partial charge on any atom is 0.0887 e. The molecule has 0 aliphatic heterocycles. The monoisotopic (exact) mass is 271 g/mol. The Labute approximate surface area is 109 Å². The normalized spacial score (nSPS) is 13.2. The van der Waals surface area contributed by atoms with E-state index in [1.165, 1.54) is 11.5 Å². The average Bonchev–Trinajstić information content (AvgIpc) is 2.91. The van der Waals surface area contributed by atoms with Crippen LogP contribution < -0.4 is 5.32 Å². The molecule has 0 aliphatic rings. The van der Waals surface area contributed by atoms with Gasteiger partial charge in [-0.1, -0.05) is 16.1 Å². The van der Waals surface area contributed by atoms with Crippen LogP contribution in [0.1, 0.15) is 36.5 Å². The van der Waals surface area contributed by atoms with Crippen LogP contribution in [0.2, 0.25) is 5.02 Å². The lowest BCUT2D eigenvalue weighted by Crippen LogP contribution is -2.22. The molecule has 0 saturated carbocycles. The van der Waals surface area contributed by atoms with Crippen molar-refractivity contribution in [3.8, 4) is 0 Å². The molecule has 17 heavy (non-hydrogen) atoms. The number of hydrogen-bond acceptors (Lipinski definition) is 5. The van der Waals surface area contributed by atoms with Crippen molar-refractivity contribution < 1.29 is 0 Å². The smallest absolute Gasteiger partial charge is 0.0887 e. The van der Waals surface area contributed by atoms with Gasteiger partial charge in [-0.25, -0.2) is 0 Å².